The minimum absolute atomic E-state index is 0.0373. The van der Waals surface area contributed by atoms with Crippen molar-refractivity contribution < 1.29 is 5.11 Å². The van der Waals surface area contributed by atoms with Crippen molar-refractivity contribution in [2.45, 2.75) is 0 Å². The molecule has 0 saturated carbocycles. The quantitative estimate of drug-likeness (QED) is 0.596. The Morgan fingerprint density at radius 1 is 1.25 bits per heavy atom. The van der Waals surface area contributed by atoms with E-state index in [2.05, 4.69) is 15.0 Å². The number of nitrogens with zero attached hydrogens (tertiary/aromatic N) is 2. The number of benzene rings is 1. The Labute approximate surface area is 120 Å². The molecular formula is C13H14N4O2S. The van der Waals surface area contributed by atoms with E-state index < -0.39 is 5.56 Å². The first-order valence-electron chi connectivity index (χ1n) is 5.84. The Morgan fingerprint density at radius 3 is 2.45 bits per heavy atom. The maximum absolute atomic E-state index is 11.6. The van der Waals surface area contributed by atoms with Gasteiger partial charge >= 0.3 is 0 Å². The van der Waals surface area contributed by atoms with Gasteiger partial charge in [-0.2, -0.15) is 0 Å². The third-order valence-electron chi connectivity index (χ3n) is 2.67. The highest BCUT2D eigenvalue weighted by molar-refractivity contribution is 7.71. The lowest BCUT2D eigenvalue weighted by atomic mass is 10.2. The van der Waals surface area contributed by atoms with Crippen LogP contribution >= 0.6 is 12.2 Å². The SMILES string of the molecule is CN(C)c1ccc(N=Cc2c(O)[nH]c(=S)[nH]c2=O)cc1. The highest BCUT2D eigenvalue weighted by Crippen LogP contribution is 2.18. The summed E-state index contributed by atoms with van der Waals surface area (Å²) in [4.78, 5) is 22.6. The van der Waals surface area contributed by atoms with Gasteiger partial charge in [-0.25, -0.2) is 0 Å². The predicted octanol–water partition coefficient (Wildman–Crippen LogP) is 1.95. The molecule has 0 bridgehead atoms. The molecule has 0 saturated heterocycles. The number of hydrogen-bond donors (Lipinski definition) is 3. The number of H-pyrrole nitrogens is 2. The number of anilines is 1. The van der Waals surface area contributed by atoms with Crippen LogP contribution in [0.15, 0.2) is 34.1 Å². The lowest BCUT2D eigenvalue weighted by Crippen LogP contribution is -2.13. The van der Waals surface area contributed by atoms with E-state index in [1.165, 1.54) is 6.21 Å². The molecule has 2 rings (SSSR count). The van der Waals surface area contributed by atoms with Crippen molar-refractivity contribution in [1.82, 2.24) is 9.97 Å². The van der Waals surface area contributed by atoms with E-state index in [1.54, 1.807) is 0 Å². The molecule has 0 fully saturated rings. The van der Waals surface area contributed by atoms with Gasteiger partial charge in [-0.15, -0.1) is 0 Å². The number of nitrogens with one attached hydrogen (secondary N) is 2. The Hall–Kier alpha value is -2.41. The van der Waals surface area contributed by atoms with Crippen LogP contribution < -0.4 is 10.5 Å². The van der Waals surface area contributed by atoms with Gasteiger partial charge in [-0.3, -0.25) is 14.8 Å². The molecule has 0 aliphatic heterocycles. The monoisotopic (exact) mass is 290 g/mol. The van der Waals surface area contributed by atoms with Gasteiger partial charge in [0.05, 0.1) is 5.69 Å². The van der Waals surface area contributed by atoms with Crippen molar-refractivity contribution in [2.24, 2.45) is 4.99 Å². The largest absolute Gasteiger partial charge is 0.494 e. The molecule has 0 amide bonds. The van der Waals surface area contributed by atoms with Crippen LogP contribution in [-0.4, -0.2) is 35.4 Å². The molecule has 0 radical (unpaired) electrons. The van der Waals surface area contributed by atoms with Gasteiger partial charge in [0.25, 0.3) is 5.56 Å². The summed E-state index contributed by atoms with van der Waals surface area (Å²) in [5.41, 5.74) is 1.28. The summed E-state index contributed by atoms with van der Waals surface area (Å²) >= 11 is 4.74. The number of aromatic nitrogens is 2. The van der Waals surface area contributed by atoms with Crippen LogP contribution in [0.4, 0.5) is 11.4 Å². The Balaban J connectivity index is 2.30. The van der Waals surface area contributed by atoms with Crippen molar-refractivity contribution in [2.75, 3.05) is 19.0 Å². The smallest absolute Gasteiger partial charge is 0.264 e. The third-order valence-corrected chi connectivity index (χ3v) is 2.87. The van der Waals surface area contributed by atoms with E-state index in [9.17, 15) is 9.90 Å². The fourth-order valence-electron chi connectivity index (χ4n) is 1.58. The summed E-state index contributed by atoms with van der Waals surface area (Å²) in [5.74, 6) is -0.299. The summed E-state index contributed by atoms with van der Waals surface area (Å²) in [6.07, 6.45) is 1.30. The molecule has 0 spiro atoms. The van der Waals surface area contributed by atoms with Crippen LogP contribution in [0.1, 0.15) is 5.56 Å². The van der Waals surface area contributed by atoms with Gasteiger partial charge < -0.3 is 15.0 Å². The third kappa shape index (κ3) is 3.12. The zero-order chi connectivity index (χ0) is 14.7. The molecule has 7 heteroatoms. The van der Waals surface area contributed by atoms with E-state index in [4.69, 9.17) is 12.2 Å². The number of aromatic hydroxyl groups is 1. The van der Waals surface area contributed by atoms with Gasteiger partial charge in [-0.1, -0.05) is 0 Å². The molecule has 20 heavy (non-hydrogen) atoms. The first-order chi connectivity index (χ1) is 9.47. The van der Waals surface area contributed by atoms with Gasteiger partial charge in [0.15, 0.2) is 4.77 Å². The maximum atomic E-state index is 11.6. The Morgan fingerprint density at radius 2 is 1.90 bits per heavy atom. The summed E-state index contributed by atoms with van der Waals surface area (Å²) in [6, 6.07) is 7.47. The van der Waals surface area contributed by atoms with Crippen LogP contribution in [0.3, 0.4) is 0 Å². The molecular weight excluding hydrogens is 276 g/mol. The molecule has 3 N–H and O–H groups in total. The lowest BCUT2D eigenvalue weighted by Gasteiger charge is -2.11. The molecule has 0 unspecified atom stereocenters. The summed E-state index contributed by atoms with van der Waals surface area (Å²) < 4.78 is 0.0694. The molecule has 1 aromatic heterocycles. The standard InChI is InChI=1S/C13H14N4O2S/c1-17(2)9-5-3-8(4-6-9)14-7-10-11(18)15-13(20)16-12(10)19/h3-7H,1-2H3,(H3,15,16,18,19,20). The van der Waals surface area contributed by atoms with E-state index >= 15 is 0 Å². The topological polar surface area (TPSA) is 84.5 Å². The van der Waals surface area contributed by atoms with Crippen LogP contribution in [-0.2, 0) is 0 Å². The van der Waals surface area contributed by atoms with Gasteiger partial charge in [0.1, 0.15) is 5.56 Å². The molecule has 104 valence electrons. The number of rotatable bonds is 3. The molecule has 0 atom stereocenters. The number of aromatic amines is 2. The van der Waals surface area contributed by atoms with Crippen molar-refractivity contribution in [3.05, 3.63) is 45.0 Å². The number of aliphatic imine (C=N–C) groups is 1. The fourth-order valence-corrected chi connectivity index (χ4v) is 1.77. The second kappa shape index (κ2) is 5.70. The maximum Gasteiger partial charge on any atom is 0.264 e. The zero-order valence-corrected chi connectivity index (χ0v) is 11.9. The minimum Gasteiger partial charge on any atom is -0.494 e. The highest BCUT2D eigenvalue weighted by Gasteiger charge is 2.04. The van der Waals surface area contributed by atoms with Crippen molar-refractivity contribution in [3.8, 4) is 5.88 Å². The summed E-state index contributed by atoms with van der Waals surface area (Å²) in [5, 5.41) is 9.63. The van der Waals surface area contributed by atoms with E-state index in [-0.39, 0.29) is 16.2 Å². The van der Waals surface area contributed by atoms with Crippen molar-refractivity contribution >= 4 is 29.8 Å². The van der Waals surface area contributed by atoms with Crippen LogP contribution in [0.25, 0.3) is 0 Å². The first kappa shape index (κ1) is 14.0. The predicted molar refractivity (Wildman–Crippen MR) is 81.9 cm³/mol. The van der Waals surface area contributed by atoms with Crippen molar-refractivity contribution in [1.29, 1.82) is 0 Å². The summed E-state index contributed by atoms with van der Waals surface area (Å²) in [6.45, 7) is 0. The average Bonchev–Trinajstić information content (AvgIpc) is 2.38. The summed E-state index contributed by atoms with van der Waals surface area (Å²) in [7, 11) is 3.89. The second-order valence-corrected chi connectivity index (χ2v) is 4.75. The molecule has 0 aliphatic rings. The first-order valence-corrected chi connectivity index (χ1v) is 6.25. The second-order valence-electron chi connectivity index (χ2n) is 4.34. The van der Waals surface area contributed by atoms with Crippen LogP contribution in [0.5, 0.6) is 5.88 Å². The van der Waals surface area contributed by atoms with Crippen LogP contribution in [0, 0.1) is 4.77 Å². The van der Waals surface area contributed by atoms with Crippen molar-refractivity contribution in [3.63, 3.8) is 0 Å². The van der Waals surface area contributed by atoms with Gasteiger partial charge in [0.2, 0.25) is 5.88 Å². The van der Waals surface area contributed by atoms with E-state index in [0.717, 1.165) is 5.69 Å². The molecule has 2 aromatic rings. The molecule has 0 aliphatic carbocycles. The minimum atomic E-state index is -0.486. The Kier molecular flexibility index (Phi) is 3.99. The average molecular weight is 290 g/mol. The molecule has 6 nitrogen and oxygen atoms in total. The van der Waals surface area contributed by atoms with Crippen LogP contribution in [0.2, 0.25) is 0 Å². The zero-order valence-electron chi connectivity index (χ0n) is 11.0. The van der Waals surface area contributed by atoms with Gasteiger partial charge in [0, 0.05) is 26.0 Å². The van der Waals surface area contributed by atoms with E-state index in [0.29, 0.717) is 5.69 Å². The van der Waals surface area contributed by atoms with Gasteiger partial charge in [-0.05, 0) is 36.5 Å². The normalized spacial score (nSPS) is 10.9. The fraction of sp³-hybridized carbons (Fsp3) is 0.154. The molecule has 1 heterocycles. The Bertz CT molecular complexity index is 744. The highest BCUT2D eigenvalue weighted by atomic mass is 32.1. The lowest BCUT2D eigenvalue weighted by molar-refractivity contribution is 0.449. The molecule has 1 aromatic carbocycles. The number of hydrogen-bond acceptors (Lipinski definition) is 5. The van der Waals surface area contributed by atoms with E-state index in [1.807, 2.05) is 43.3 Å².